The average molecular weight is 221 g/mol. The number of benzene rings is 1. The van der Waals surface area contributed by atoms with Crippen molar-refractivity contribution in [2.24, 2.45) is 0 Å². The Hall–Kier alpha value is -1.42. The monoisotopic (exact) mass is 221 g/mol. The molecule has 0 atom stereocenters. The Labute approximate surface area is 92.5 Å². The lowest BCUT2D eigenvalue weighted by molar-refractivity contribution is -0.136. The molecule has 2 N–H and O–H groups in total. The van der Waals surface area contributed by atoms with E-state index >= 15 is 0 Å². The molecule has 78 valence electrons. The van der Waals surface area contributed by atoms with Crippen molar-refractivity contribution >= 4 is 29.5 Å². The number of H-pyrrole nitrogens is 1. The molecule has 0 spiro atoms. The number of hydrogen-bond acceptors (Lipinski definition) is 2. The molecule has 1 aromatic carbocycles. The van der Waals surface area contributed by atoms with Crippen LogP contribution in [0.2, 0.25) is 0 Å². The van der Waals surface area contributed by atoms with Crippen molar-refractivity contribution in [1.82, 2.24) is 4.98 Å². The van der Waals surface area contributed by atoms with Gasteiger partial charge in [0.1, 0.15) is 0 Å². The zero-order chi connectivity index (χ0) is 10.8. The minimum absolute atomic E-state index is 0.0416. The molecule has 2 aromatic rings. The second-order valence-corrected chi connectivity index (χ2v) is 3.67. The number of carbonyl (C=O) groups is 1. The van der Waals surface area contributed by atoms with Crippen LogP contribution in [-0.2, 0) is 17.0 Å². The first-order valence-electron chi connectivity index (χ1n) is 4.63. The van der Waals surface area contributed by atoms with Crippen molar-refractivity contribution in [3.8, 4) is 0 Å². The molecule has 1 aromatic heterocycles. The fourth-order valence-electron chi connectivity index (χ4n) is 1.74. The van der Waals surface area contributed by atoms with Crippen LogP contribution < -0.4 is 0 Å². The molecule has 0 bridgehead atoms. The predicted octanol–water partition coefficient (Wildman–Crippen LogP) is 2.22. The van der Waals surface area contributed by atoms with Crippen molar-refractivity contribution < 1.29 is 9.90 Å². The first-order chi connectivity index (χ1) is 7.22. The van der Waals surface area contributed by atoms with Gasteiger partial charge in [0.25, 0.3) is 0 Å². The maximum absolute atomic E-state index is 10.7. The van der Waals surface area contributed by atoms with Crippen molar-refractivity contribution in [3.05, 3.63) is 35.5 Å². The summed E-state index contributed by atoms with van der Waals surface area (Å²) in [5.74, 6) is -0.292. The highest BCUT2D eigenvalue weighted by molar-refractivity contribution is 7.79. The van der Waals surface area contributed by atoms with Gasteiger partial charge in [0.05, 0.1) is 6.42 Å². The highest BCUT2D eigenvalue weighted by atomic mass is 32.1. The second kappa shape index (κ2) is 3.98. The lowest BCUT2D eigenvalue weighted by Gasteiger charge is -1.97. The Morgan fingerprint density at radius 1 is 1.40 bits per heavy atom. The normalized spacial score (nSPS) is 10.7. The molecule has 0 saturated carbocycles. The Kier molecular flexibility index (Phi) is 2.68. The third-order valence-corrected chi connectivity index (χ3v) is 2.70. The van der Waals surface area contributed by atoms with E-state index in [9.17, 15) is 4.79 Å². The van der Waals surface area contributed by atoms with E-state index in [2.05, 4.69) is 17.6 Å². The van der Waals surface area contributed by atoms with Gasteiger partial charge in [0, 0.05) is 22.3 Å². The molecular formula is C11H11NO2S. The van der Waals surface area contributed by atoms with E-state index in [4.69, 9.17) is 5.11 Å². The van der Waals surface area contributed by atoms with E-state index in [0.29, 0.717) is 5.75 Å². The fraction of sp³-hybridized carbons (Fsp3) is 0.182. The molecule has 15 heavy (non-hydrogen) atoms. The van der Waals surface area contributed by atoms with Crippen LogP contribution in [0.1, 0.15) is 11.3 Å². The molecule has 0 aliphatic rings. The van der Waals surface area contributed by atoms with E-state index in [1.165, 1.54) is 0 Å². The summed E-state index contributed by atoms with van der Waals surface area (Å²) in [5, 5.41) is 9.80. The zero-order valence-electron chi connectivity index (χ0n) is 8.03. The summed E-state index contributed by atoms with van der Waals surface area (Å²) >= 11 is 4.19. The highest BCUT2D eigenvalue weighted by Gasteiger charge is 2.12. The third kappa shape index (κ3) is 1.85. The van der Waals surface area contributed by atoms with Crippen LogP contribution in [0.25, 0.3) is 10.9 Å². The summed E-state index contributed by atoms with van der Waals surface area (Å²) in [6.45, 7) is 0. The van der Waals surface area contributed by atoms with E-state index in [-0.39, 0.29) is 6.42 Å². The molecule has 2 rings (SSSR count). The number of aliphatic carboxylic acids is 1. The van der Waals surface area contributed by atoms with E-state index in [0.717, 1.165) is 22.2 Å². The summed E-state index contributed by atoms with van der Waals surface area (Å²) in [6, 6.07) is 7.69. The largest absolute Gasteiger partial charge is 0.481 e. The van der Waals surface area contributed by atoms with E-state index in [1.54, 1.807) is 0 Å². The third-order valence-electron chi connectivity index (χ3n) is 2.39. The quantitative estimate of drug-likeness (QED) is 0.696. The topological polar surface area (TPSA) is 53.1 Å². The average Bonchev–Trinajstić information content (AvgIpc) is 2.56. The van der Waals surface area contributed by atoms with Gasteiger partial charge >= 0.3 is 5.97 Å². The molecule has 0 radical (unpaired) electrons. The van der Waals surface area contributed by atoms with E-state index < -0.39 is 5.97 Å². The van der Waals surface area contributed by atoms with Gasteiger partial charge in [-0.3, -0.25) is 4.79 Å². The summed E-state index contributed by atoms with van der Waals surface area (Å²) in [7, 11) is 0. The Morgan fingerprint density at radius 3 is 2.80 bits per heavy atom. The highest BCUT2D eigenvalue weighted by Crippen LogP contribution is 2.23. The number of rotatable bonds is 3. The number of carboxylic acid groups (broad SMARTS) is 1. The number of hydrogen-bond donors (Lipinski definition) is 3. The van der Waals surface area contributed by atoms with Crippen LogP contribution >= 0.6 is 12.6 Å². The van der Waals surface area contributed by atoms with Gasteiger partial charge in [0.15, 0.2) is 0 Å². The number of para-hydroxylation sites is 1. The fourth-order valence-corrected chi connectivity index (χ4v) is 2.01. The lowest BCUT2D eigenvalue weighted by Crippen LogP contribution is -2.01. The Bertz CT molecular complexity index is 504. The molecule has 3 nitrogen and oxygen atoms in total. The van der Waals surface area contributed by atoms with Gasteiger partial charge in [-0.25, -0.2) is 0 Å². The smallest absolute Gasteiger partial charge is 0.307 e. The van der Waals surface area contributed by atoms with Crippen LogP contribution in [0.3, 0.4) is 0 Å². The van der Waals surface area contributed by atoms with E-state index in [1.807, 2.05) is 24.3 Å². The summed E-state index contributed by atoms with van der Waals surface area (Å²) in [6.07, 6.45) is 0.0416. The predicted molar refractivity (Wildman–Crippen MR) is 62.3 cm³/mol. The van der Waals surface area contributed by atoms with Crippen LogP contribution in [0.4, 0.5) is 0 Å². The maximum atomic E-state index is 10.7. The molecule has 1 heterocycles. The number of thiol groups is 1. The van der Waals surface area contributed by atoms with Gasteiger partial charge in [-0.15, -0.1) is 0 Å². The molecular weight excluding hydrogens is 210 g/mol. The molecule has 0 fully saturated rings. The lowest BCUT2D eigenvalue weighted by atomic mass is 10.1. The molecule has 4 heteroatoms. The molecule has 0 amide bonds. The summed E-state index contributed by atoms with van der Waals surface area (Å²) in [5.41, 5.74) is 2.70. The molecule has 0 saturated heterocycles. The number of carboxylic acids is 1. The summed E-state index contributed by atoms with van der Waals surface area (Å²) < 4.78 is 0. The van der Waals surface area contributed by atoms with Gasteiger partial charge in [-0.05, 0) is 11.6 Å². The molecule has 0 aliphatic carbocycles. The van der Waals surface area contributed by atoms with Crippen molar-refractivity contribution in [2.45, 2.75) is 12.2 Å². The van der Waals surface area contributed by atoms with Gasteiger partial charge in [-0.2, -0.15) is 12.6 Å². The Morgan fingerprint density at radius 2 is 2.13 bits per heavy atom. The zero-order valence-corrected chi connectivity index (χ0v) is 8.92. The SMILES string of the molecule is O=C(O)Cc1c(CS)[nH]c2ccccc12. The minimum Gasteiger partial charge on any atom is -0.481 e. The summed E-state index contributed by atoms with van der Waals surface area (Å²) in [4.78, 5) is 13.9. The molecule has 0 aliphatic heterocycles. The first kappa shape index (κ1) is 10.1. The Balaban J connectivity index is 2.61. The first-order valence-corrected chi connectivity index (χ1v) is 5.26. The van der Waals surface area contributed by atoms with Gasteiger partial charge < -0.3 is 10.1 Å². The second-order valence-electron chi connectivity index (χ2n) is 3.36. The van der Waals surface area contributed by atoms with Crippen molar-refractivity contribution in [3.63, 3.8) is 0 Å². The number of nitrogens with one attached hydrogen (secondary N) is 1. The van der Waals surface area contributed by atoms with Crippen LogP contribution in [0, 0.1) is 0 Å². The van der Waals surface area contributed by atoms with Gasteiger partial charge in [-0.1, -0.05) is 18.2 Å². The maximum Gasteiger partial charge on any atom is 0.307 e. The van der Waals surface area contributed by atoms with Gasteiger partial charge in [0.2, 0.25) is 0 Å². The molecule has 0 unspecified atom stereocenters. The van der Waals surface area contributed by atoms with Crippen LogP contribution in [0.15, 0.2) is 24.3 Å². The number of aromatic nitrogens is 1. The van der Waals surface area contributed by atoms with Crippen molar-refractivity contribution in [2.75, 3.05) is 0 Å². The minimum atomic E-state index is -0.817. The van der Waals surface area contributed by atoms with Crippen LogP contribution in [0.5, 0.6) is 0 Å². The number of aromatic amines is 1. The number of fused-ring (bicyclic) bond motifs is 1. The standard InChI is InChI=1S/C11H11NO2S/c13-11(14)5-8-7-3-1-2-4-9(7)12-10(8)6-15/h1-4,12,15H,5-6H2,(H,13,14). The van der Waals surface area contributed by atoms with Crippen molar-refractivity contribution in [1.29, 1.82) is 0 Å². The van der Waals surface area contributed by atoms with Crippen LogP contribution in [-0.4, -0.2) is 16.1 Å².